The van der Waals surface area contributed by atoms with Gasteiger partial charge >= 0.3 is 11.9 Å². The van der Waals surface area contributed by atoms with Crippen LogP contribution >= 0.6 is 0 Å². The number of carboxylic acids is 2. The van der Waals surface area contributed by atoms with Crippen LogP contribution in [0.5, 0.6) is 0 Å². The lowest BCUT2D eigenvalue weighted by Crippen LogP contribution is -2.35. The fourth-order valence-electron chi connectivity index (χ4n) is 2.71. The molecule has 0 bridgehead atoms. The molecule has 3 unspecified atom stereocenters. The van der Waals surface area contributed by atoms with Crippen molar-refractivity contribution in [3.8, 4) is 0 Å². The smallest absolute Gasteiger partial charge is 0.307 e. The van der Waals surface area contributed by atoms with Crippen LogP contribution in [0.25, 0.3) is 0 Å². The Morgan fingerprint density at radius 1 is 1.12 bits per heavy atom. The Kier molecular flexibility index (Phi) is 6.81. The fourth-order valence-corrected chi connectivity index (χ4v) is 2.71. The van der Waals surface area contributed by atoms with E-state index in [0.717, 1.165) is 12.8 Å². The van der Waals surface area contributed by atoms with E-state index >= 15 is 0 Å². The molecule has 0 spiro atoms. The first kappa shape index (κ1) is 16.5. The van der Waals surface area contributed by atoms with Crippen LogP contribution in [0.4, 0.5) is 0 Å². The Morgan fingerprint density at radius 3 is 2.06 bits per heavy atom. The first-order valence-corrected chi connectivity index (χ1v) is 5.87. The van der Waals surface area contributed by atoms with Crippen molar-refractivity contribution < 1.29 is 19.8 Å². The van der Waals surface area contributed by atoms with Gasteiger partial charge in [0.15, 0.2) is 17.4 Å². The highest BCUT2D eigenvalue weighted by atomic mass is 27.0. The number of carbonyl (C=O) groups is 2. The van der Waals surface area contributed by atoms with Gasteiger partial charge in [0.2, 0.25) is 0 Å². The van der Waals surface area contributed by atoms with E-state index in [1.165, 1.54) is 0 Å². The molecule has 0 aliphatic heterocycles. The summed E-state index contributed by atoms with van der Waals surface area (Å²) in [4.78, 5) is 22.0. The molecular weight excluding hydrogens is 235 g/mol. The second-order valence-corrected chi connectivity index (χ2v) is 5.20. The Labute approximate surface area is 113 Å². The summed E-state index contributed by atoms with van der Waals surface area (Å²) >= 11 is 0. The second kappa shape index (κ2) is 7.03. The standard InChI is InChI=1S/C12H20O4.Al.3H/c1-7(2)5-8-3-4-9(11(13)14)10(6-8)12(15)16;;;;/h7-10H,3-6H2,1-2H3,(H,13,14)(H,15,16);;;;. The van der Waals surface area contributed by atoms with Crippen molar-refractivity contribution >= 4 is 29.3 Å². The molecule has 0 amide bonds. The molecule has 0 saturated heterocycles. The second-order valence-electron chi connectivity index (χ2n) is 5.20. The maximum atomic E-state index is 11.0. The molecule has 0 aromatic carbocycles. The van der Waals surface area contributed by atoms with Gasteiger partial charge in [-0.25, -0.2) is 0 Å². The molecule has 1 aliphatic rings. The Bertz CT molecular complexity index is 278. The van der Waals surface area contributed by atoms with Crippen molar-refractivity contribution in [2.24, 2.45) is 23.7 Å². The molecule has 3 atom stereocenters. The van der Waals surface area contributed by atoms with Crippen LogP contribution in [0.1, 0.15) is 39.5 Å². The van der Waals surface area contributed by atoms with E-state index in [-0.39, 0.29) is 17.4 Å². The van der Waals surface area contributed by atoms with Crippen molar-refractivity contribution in [1.82, 2.24) is 0 Å². The number of carboxylic acid groups (broad SMARTS) is 2. The summed E-state index contributed by atoms with van der Waals surface area (Å²) in [6, 6.07) is 0. The molecular formula is C12H23AlO4. The number of hydrogen-bond acceptors (Lipinski definition) is 2. The van der Waals surface area contributed by atoms with E-state index in [1.807, 2.05) is 0 Å². The molecule has 1 saturated carbocycles. The predicted molar refractivity (Wildman–Crippen MR) is 69.0 cm³/mol. The van der Waals surface area contributed by atoms with Gasteiger partial charge in [-0.1, -0.05) is 13.8 Å². The van der Waals surface area contributed by atoms with Crippen LogP contribution in [0.2, 0.25) is 0 Å². The molecule has 1 fully saturated rings. The Morgan fingerprint density at radius 2 is 1.65 bits per heavy atom. The highest BCUT2D eigenvalue weighted by Crippen LogP contribution is 2.37. The van der Waals surface area contributed by atoms with E-state index in [2.05, 4.69) is 13.8 Å². The summed E-state index contributed by atoms with van der Waals surface area (Å²) in [5, 5.41) is 18.0. The third-order valence-corrected chi connectivity index (χ3v) is 3.40. The maximum Gasteiger partial charge on any atom is 0.307 e. The summed E-state index contributed by atoms with van der Waals surface area (Å²) in [7, 11) is 0. The van der Waals surface area contributed by atoms with Gasteiger partial charge in [0.25, 0.3) is 0 Å². The average Bonchev–Trinajstić information content (AvgIpc) is 2.16. The molecule has 1 rings (SSSR count). The van der Waals surface area contributed by atoms with E-state index in [4.69, 9.17) is 10.2 Å². The van der Waals surface area contributed by atoms with Gasteiger partial charge in [-0.05, 0) is 37.5 Å². The van der Waals surface area contributed by atoms with Crippen molar-refractivity contribution in [1.29, 1.82) is 0 Å². The normalized spacial score (nSPS) is 28.5. The fraction of sp³-hybridized carbons (Fsp3) is 0.833. The molecule has 5 heteroatoms. The lowest BCUT2D eigenvalue weighted by Gasteiger charge is -2.32. The molecule has 17 heavy (non-hydrogen) atoms. The van der Waals surface area contributed by atoms with Gasteiger partial charge in [-0.3, -0.25) is 9.59 Å². The Balaban J connectivity index is 0.00000256. The van der Waals surface area contributed by atoms with Crippen LogP contribution in [0.3, 0.4) is 0 Å². The van der Waals surface area contributed by atoms with Gasteiger partial charge in [0.1, 0.15) is 0 Å². The van der Waals surface area contributed by atoms with E-state index in [1.54, 1.807) is 0 Å². The number of hydrogen-bond donors (Lipinski definition) is 2. The topological polar surface area (TPSA) is 74.6 Å². The van der Waals surface area contributed by atoms with E-state index in [0.29, 0.717) is 24.7 Å². The summed E-state index contributed by atoms with van der Waals surface area (Å²) in [5.41, 5.74) is 0. The molecule has 0 aromatic rings. The number of aliphatic carboxylic acids is 2. The molecule has 0 aromatic heterocycles. The summed E-state index contributed by atoms with van der Waals surface area (Å²) in [5.74, 6) is -2.40. The van der Waals surface area contributed by atoms with Crippen LogP contribution in [-0.2, 0) is 9.59 Å². The maximum absolute atomic E-state index is 11.0. The largest absolute Gasteiger partial charge is 0.481 e. The van der Waals surface area contributed by atoms with Crippen LogP contribution in [0, 0.1) is 23.7 Å². The average molecular weight is 258 g/mol. The minimum atomic E-state index is -0.963. The van der Waals surface area contributed by atoms with Gasteiger partial charge in [0, 0.05) is 0 Å². The zero-order valence-corrected chi connectivity index (χ0v) is 9.85. The van der Waals surface area contributed by atoms with Gasteiger partial charge < -0.3 is 10.2 Å². The minimum absolute atomic E-state index is 0. The first-order chi connectivity index (χ1) is 7.41. The van der Waals surface area contributed by atoms with Gasteiger partial charge in [-0.15, -0.1) is 0 Å². The summed E-state index contributed by atoms with van der Waals surface area (Å²) in [6.07, 6.45) is 2.86. The van der Waals surface area contributed by atoms with Crippen molar-refractivity contribution in [2.45, 2.75) is 39.5 Å². The zero-order valence-electron chi connectivity index (χ0n) is 9.85. The molecule has 98 valence electrons. The minimum Gasteiger partial charge on any atom is -0.481 e. The predicted octanol–water partition coefficient (Wildman–Crippen LogP) is 1.05. The highest BCUT2D eigenvalue weighted by Gasteiger charge is 2.39. The van der Waals surface area contributed by atoms with Crippen LogP contribution in [0.15, 0.2) is 0 Å². The molecule has 4 nitrogen and oxygen atoms in total. The lowest BCUT2D eigenvalue weighted by molar-refractivity contribution is -0.156. The lowest BCUT2D eigenvalue weighted by atomic mass is 9.72. The quantitative estimate of drug-likeness (QED) is 0.739. The third kappa shape index (κ3) is 4.69. The molecule has 0 radical (unpaired) electrons. The zero-order chi connectivity index (χ0) is 12.3. The van der Waals surface area contributed by atoms with Gasteiger partial charge in [0.05, 0.1) is 11.8 Å². The van der Waals surface area contributed by atoms with Crippen molar-refractivity contribution in [3.63, 3.8) is 0 Å². The monoisotopic (exact) mass is 258 g/mol. The van der Waals surface area contributed by atoms with Crippen molar-refractivity contribution in [3.05, 3.63) is 0 Å². The van der Waals surface area contributed by atoms with E-state index < -0.39 is 23.8 Å². The van der Waals surface area contributed by atoms with Crippen molar-refractivity contribution in [2.75, 3.05) is 0 Å². The first-order valence-electron chi connectivity index (χ1n) is 5.87. The SMILES string of the molecule is CC(C)CC1CCC(C(=O)O)C(C(=O)O)C1.[AlH3]. The summed E-state index contributed by atoms with van der Waals surface area (Å²) in [6.45, 7) is 4.22. The number of rotatable bonds is 4. The Hall–Kier alpha value is -0.528. The third-order valence-electron chi connectivity index (χ3n) is 3.40. The molecule has 0 heterocycles. The van der Waals surface area contributed by atoms with Crippen LogP contribution in [-0.4, -0.2) is 39.5 Å². The molecule has 1 aliphatic carbocycles. The molecule has 2 N–H and O–H groups in total. The van der Waals surface area contributed by atoms with Crippen LogP contribution < -0.4 is 0 Å². The van der Waals surface area contributed by atoms with E-state index in [9.17, 15) is 9.59 Å². The highest BCUT2D eigenvalue weighted by molar-refractivity contribution is 5.80. The van der Waals surface area contributed by atoms with Gasteiger partial charge in [-0.2, -0.15) is 0 Å². The summed E-state index contributed by atoms with van der Waals surface area (Å²) < 4.78 is 0.